The zero-order valence-electron chi connectivity index (χ0n) is 11.9. The van der Waals surface area contributed by atoms with Crippen molar-refractivity contribution in [3.8, 4) is 0 Å². The van der Waals surface area contributed by atoms with E-state index >= 15 is 0 Å². The number of hydrogen-bond donors (Lipinski definition) is 1. The number of piperazine rings is 1. The van der Waals surface area contributed by atoms with Gasteiger partial charge < -0.3 is 14.8 Å². The number of aromatic amines is 1. The molecule has 0 unspecified atom stereocenters. The van der Waals surface area contributed by atoms with Crippen molar-refractivity contribution < 1.29 is 13.2 Å². The van der Waals surface area contributed by atoms with Crippen molar-refractivity contribution in [2.75, 3.05) is 36.0 Å². The van der Waals surface area contributed by atoms with Gasteiger partial charge in [0.2, 0.25) is 0 Å². The first kappa shape index (κ1) is 15.3. The minimum absolute atomic E-state index is 0.242. The van der Waals surface area contributed by atoms with Crippen LogP contribution in [-0.2, 0) is 6.18 Å². The Morgan fingerprint density at radius 2 is 1.57 bits per heavy atom. The van der Waals surface area contributed by atoms with E-state index in [9.17, 15) is 18.0 Å². The Morgan fingerprint density at radius 1 is 0.957 bits per heavy atom. The molecule has 10 heteroatoms. The van der Waals surface area contributed by atoms with Gasteiger partial charge in [-0.3, -0.25) is 4.79 Å². The molecule has 2 aromatic heterocycles. The van der Waals surface area contributed by atoms with E-state index in [-0.39, 0.29) is 11.4 Å². The lowest BCUT2D eigenvalue weighted by Gasteiger charge is -2.35. The molecule has 3 heterocycles. The van der Waals surface area contributed by atoms with Gasteiger partial charge >= 0.3 is 6.18 Å². The molecule has 1 N–H and O–H groups in total. The van der Waals surface area contributed by atoms with Gasteiger partial charge in [-0.05, 0) is 0 Å². The number of anilines is 2. The molecule has 0 saturated carbocycles. The van der Waals surface area contributed by atoms with Crippen molar-refractivity contribution in [3.05, 3.63) is 40.8 Å². The van der Waals surface area contributed by atoms with E-state index in [1.54, 1.807) is 4.90 Å². The lowest BCUT2D eigenvalue weighted by Crippen LogP contribution is -2.47. The van der Waals surface area contributed by atoms with E-state index in [2.05, 4.69) is 19.9 Å². The molecule has 7 nitrogen and oxygen atoms in total. The molecule has 1 fully saturated rings. The van der Waals surface area contributed by atoms with E-state index in [1.165, 1.54) is 12.4 Å². The standard InChI is InChI=1S/C13H13F3N6O/c14-13(15,16)9-5-10(18-7-17-9)21-1-3-22(4-2-21)11-6-12(23)20-8-19-11/h5-8H,1-4H2,(H,19,20,23). The zero-order valence-corrected chi connectivity index (χ0v) is 11.9. The van der Waals surface area contributed by atoms with Crippen molar-refractivity contribution >= 4 is 11.6 Å². The Hall–Kier alpha value is -2.65. The number of hydrogen-bond acceptors (Lipinski definition) is 6. The molecule has 122 valence electrons. The fourth-order valence-corrected chi connectivity index (χ4v) is 2.37. The Kier molecular flexibility index (Phi) is 3.89. The summed E-state index contributed by atoms with van der Waals surface area (Å²) in [5, 5.41) is 0. The minimum atomic E-state index is -4.49. The van der Waals surface area contributed by atoms with Crippen LogP contribution in [0.15, 0.2) is 29.6 Å². The molecule has 0 amide bonds. The summed E-state index contributed by atoms with van der Waals surface area (Å²) in [6, 6.07) is 2.34. The van der Waals surface area contributed by atoms with Crippen molar-refractivity contribution in [3.63, 3.8) is 0 Å². The number of alkyl halides is 3. The van der Waals surface area contributed by atoms with E-state index in [4.69, 9.17) is 0 Å². The van der Waals surface area contributed by atoms with Crippen LogP contribution in [0.5, 0.6) is 0 Å². The van der Waals surface area contributed by atoms with Crippen LogP contribution in [0.1, 0.15) is 5.69 Å². The molecule has 3 rings (SSSR count). The number of aromatic nitrogens is 4. The number of halogens is 3. The normalized spacial score (nSPS) is 15.8. The third-order valence-corrected chi connectivity index (χ3v) is 3.53. The second kappa shape index (κ2) is 5.86. The fraction of sp³-hybridized carbons (Fsp3) is 0.385. The van der Waals surface area contributed by atoms with Crippen LogP contribution >= 0.6 is 0 Å². The van der Waals surface area contributed by atoms with Gasteiger partial charge in [0.05, 0.1) is 6.33 Å². The van der Waals surface area contributed by atoms with E-state index in [0.29, 0.717) is 32.0 Å². The van der Waals surface area contributed by atoms with Gasteiger partial charge in [-0.25, -0.2) is 15.0 Å². The average Bonchev–Trinajstić information content (AvgIpc) is 2.54. The van der Waals surface area contributed by atoms with Gasteiger partial charge in [0.25, 0.3) is 5.56 Å². The van der Waals surface area contributed by atoms with E-state index in [1.807, 2.05) is 4.90 Å². The topological polar surface area (TPSA) is 78.0 Å². The van der Waals surface area contributed by atoms with Crippen LogP contribution in [-0.4, -0.2) is 46.1 Å². The molecular formula is C13H13F3N6O. The van der Waals surface area contributed by atoms with Crippen LogP contribution < -0.4 is 15.4 Å². The van der Waals surface area contributed by atoms with Crippen LogP contribution in [0.2, 0.25) is 0 Å². The SMILES string of the molecule is O=c1cc(N2CCN(c3cc(C(F)(F)F)ncn3)CC2)nc[nH]1. The molecule has 0 bridgehead atoms. The van der Waals surface area contributed by atoms with Crippen molar-refractivity contribution in [2.24, 2.45) is 0 Å². The predicted octanol–water partition coefficient (Wildman–Crippen LogP) is 0.905. The molecule has 1 saturated heterocycles. The lowest BCUT2D eigenvalue weighted by molar-refractivity contribution is -0.141. The summed E-state index contributed by atoms with van der Waals surface area (Å²) in [4.78, 5) is 28.6. The highest BCUT2D eigenvalue weighted by Crippen LogP contribution is 2.29. The van der Waals surface area contributed by atoms with Gasteiger partial charge in [-0.15, -0.1) is 0 Å². The maximum Gasteiger partial charge on any atom is 0.433 e. The van der Waals surface area contributed by atoms with Gasteiger partial charge in [-0.1, -0.05) is 0 Å². The molecule has 0 aromatic carbocycles. The summed E-state index contributed by atoms with van der Waals surface area (Å²) in [6.45, 7) is 2.01. The smallest absolute Gasteiger partial charge is 0.353 e. The number of nitrogens with zero attached hydrogens (tertiary/aromatic N) is 5. The highest BCUT2D eigenvalue weighted by molar-refractivity contribution is 5.44. The summed E-state index contributed by atoms with van der Waals surface area (Å²) in [6.07, 6.45) is -2.25. The molecule has 0 atom stereocenters. The van der Waals surface area contributed by atoms with Gasteiger partial charge in [0.1, 0.15) is 23.7 Å². The van der Waals surface area contributed by atoms with Crippen LogP contribution in [0.3, 0.4) is 0 Å². The monoisotopic (exact) mass is 326 g/mol. The third kappa shape index (κ3) is 3.41. The summed E-state index contributed by atoms with van der Waals surface area (Å²) >= 11 is 0. The lowest BCUT2D eigenvalue weighted by atomic mass is 10.3. The first-order valence-electron chi connectivity index (χ1n) is 6.87. The molecule has 0 spiro atoms. The Balaban J connectivity index is 1.71. The first-order chi connectivity index (χ1) is 10.9. The van der Waals surface area contributed by atoms with Gasteiger partial charge in [-0.2, -0.15) is 13.2 Å². The molecule has 1 aliphatic rings. The molecular weight excluding hydrogens is 313 g/mol. The van der Waals surface area contributed by atoms with Crippen LogP contribution in [0.25, 0.3) is 0 Å². The van der Waals surface area contributed by atoms with Crippen molar-refractivity contribution in [1.29, 1.82) is 0 Å². The molecule has 2 aromatic rings. The molecule has 23 heavy (non-hydrogen) atoms. The van der Waals surface area contributed by atoms with Crippen LogP contribution in [0.4, 0.5) is 24.8 Å². The largest absolute Gasteiger partial charge is 0.433 e. The maximum atomic E-state index is 12.7. The first-order valence-corrected chi connectivity index (χ1v) is 6.87. The number of H-pyrrole nitrogens is 1. The zero-order chi connectivity index (χ0) is 16.4. The van der Waals surface area contributed by atoms with Gasteiger partial charge in [0.15, 0.2) is 0 Å². The summed E-state index contributed by atoms with van der Waals surface area (Å²) in [7, 11) is 0. The number of nitrogens with one attached hydrogen (secondary N) is 1. The minimum Gasteiger partial charge on any atom is -0.353 e. The highest BCUT2D eigenvalue weighted by atomic mass is 19.4. The highest BCUT2D eigenvalue weighted by Gasteiger charge is 2.33. The molecule has 0 aliphatic carbocycles. The van der Waals surface area contributed by atoms with Crippen molar-refractivity contribution in [2.45, 2.75) is 6.18 Å². The average molecular weight is 326 g/mol. The summed E-state index contributed by atoms with van der Waals surface area (Å²) in [5.74, 6) is 0.790. The second-order valence-electron chi connectivity index (χ2n) is 5.00. The Labute approximate surface area is 128 Å². The van der Waals surface area contributed by atoms with E-state index in [0.717, 1.165) is 12.4 Å². The fourth-order valence-electron chi connectivity index (χ4n) is 2.37. The summed E-state index contributed by atoms with van der Waals surface area (Å²) in [5.41, 5.74) is -1.20. The molecule has 0 radical (unpaired) electrons. The maximum absolute atomic E-state index is 12.7. The molecule has 1 aliphatic heterocycles. The Bertz CT molecular complexity index is 739. The van der Waals surface area contributed by atoms with Gasteiger partial charge in [0, 0.05) is 38.3 Å². The quantitative estimate of drug-likeness (QED) is 0.884. The third-order valence-electron chi connectivity index (χ3n) is 3.53. The van der Waals surface area contributed by atoms with Crippen LogP contribution in [0, 0.1) is 0 Å². The predicted molar refractivity (Wildman–Crippen MR) is 76.3 cm³/mol. The summed E-state index contributed by atoms with van der Waals surface area (Å²) < 4.78 is 38.1. The Morgan fingerprint density at radius 3 is 2.13 bits per heavy atom. The van der Waals surface area contributed by atoms with E-state index < -0.39 is 11.9 Å². The second-order valence-corrected chi connectivity index (χ2v) is 5.00. The van der Waals surface area contributed by atoms with Crippen molar-refractivity contribution in [1.82, 2.24) is 19.9 Å². The number of rotatable bonds is 2.